The predicted octanol–water partition coefficient (Wildman–Crippen LogP) is 3.32. The summed E-state index contributed by atoms with van der Waals surface area (Å²) < 4.78 is 5.41. The smallest absolute Gasteiger partial charge is 0.251 e. The number of hydrogen-bond acceptors (Lipinski definition) is 3. The van der Waals surface area contributed by atoms with Crippen LogP contribution in [0.4, 0.5) is 0 Å². The monoisotopic (exact) mass is 304 g/mol. The van der Waals surface area contributed by atoms with E-state index in [1.54, 1.807) is 0 Å². The predicted molar refractivity (Wildman–Crippen MR) is 76.9 cm³/mol. The van der Waals surface area contributed by atoms with E-state index in [0.29, 0.717) is 18.7 Å². The van der Waals surface area contributed by atoms with Gasteiger partial charge in [-0.1, -0.05) is 23.2 Å². The molecule has 19 heavy (non-hydrogen) atoms. The minimum atomic E-state index is -0.198. The lowest BCUT2D eigenvalue weighted by Gasteiger charge is -2.08. The van der Waals surface area contributed by atoms with Crippen LogP contribution in [0, 0.1) is 0 Å². The molecule has 0 aromatic carbocycles. The van der Waals surface area contributed by atoms with Crippen molar-refractivity contribution in [3.05, 3.63) is 28.0 Å². The van der Waals surface area contributed by atoms with E-state index in [4.69, 9.17) is 27.9 Å². The van der Waals surface area contributed by atoms with Crippen molar-refractivity contribution in [2.24, 2.45) is 0 Å². The molecular weight excluding hydrogens is 287 g/mol. The second kappa shape index (κ2) is 8.35. The van der Waals surface area contributed by atoms with Gasteiger partial charge in [0.15, 0.2) is 0 Å². The molecule has 0 saturated carbocycles. The van der Waals surface area contributed by atoms with Gasteiger partial charge in [0.25, 0.3) is 5.91 Å². The van der Waals surface area contributed by atoms with Crippen LogP contribution in [0.2, 0.25) is 10.3 Å². The van der Waals surface area contributed by atoms with Crippen LogP contribution < -0.4 is 5.32 Å². The van der Waals surface area contributed by atoms with Gasteiger partial charge in [0, 0.05) is 18.7 Å². The van der Waals surface area contributed by atoms with Crippen LogP contribution in [-0.4, -0.2) is 30.1 Å². The van der Waals surface area contributed by atoms with Crippen molar-refractivity contribution in [3.8, 4) is 0 Å². The molecule has 0 saturated heterocycles. The van der Waals surface area contributed by atoms with Gasteiger partial charge in [0.1, 0.15) is 10.3 Å². The lowest BCUT2D eigenvalue weighted by molar-refractivity contribution is 0.0754. The molecule has 6 heteroatoms. The number of carbonyl (C=O) groups excluding carboxylic acids is 1. The number of halogens is 2. The molecular formula is C13H18Cl2N2O2. The molecule has 1 N–H and O–H groups in total. The van der Waals surface area contributed by atoms with E-state index in [1.165, 1.54) is 12.1 Å². The molecule has 0 fully saturated rings. The van der Waals surface area contributed by atoms with Crippen molar-refractivity contribution in [1.29, 1.82) is 0 Å². The quantitative estimate of drug-likeness (QED) is 0.621. The van der Waals surface area contributed by atoms with E-state index < -0.39 is 0 Å². The molecule has 1 aromatic heterocycles. The molecule has 1 aromatic rings. The molecule has 1 rings (SSSR count). The number of hydrogen-bond donors (Lipinski definition) is 1. The average Bonchev–Trinajstić information content (AvgIpc) is 2.31. The van der Waals surface area contributed by atoms with Crippen LogP contribution in [-0.2, 0) is 4.74 Å². The van der Waals surface area contributed by atoms with Gasteiger partial charge in [0.2, 0.25) is 0 Å². The molecule has 0 radical (unpaired) electrons. The Labute approximate surface area is 123 Å². The Hall–Kier alpha value is -0.840. The van der Waals surface area contributed by atoms with Crippen LogP contribution in [0.15, 0.2) is 12.1 Å². The van der Waals surface area contributed by atoms with Crippen molar-refractivity contribution in [3.63, 3.8) is 0 Å². The summed E-state index contributed by atoms with van der Waals surface area (Å²) in [7, 11) is 0. The van der Waals surface area contributed by atoms with Crippen LogP contribution in [0.5, 0.6) is 0 Å². The first-order valence-electron chi connectivity index (χ1n) is 6.22. The second-order valence-corrected chi connectivity index (χ2v) is 5.16. The molecule has 4 nitrogen and oxygen atoms in total. The highest BCUT2D eigenvalue weighted by Crippen LogP contribution is 2.14. The van der Waals surface area contributed by atoms with E-state index in [9.17, 15) is 4.79 Å². The summed E-state index contributed by atoms with van der Waals surface area (Å²) in [5, 5.41) is 3.22. The zero-order chi connectivity index (χ0) is 14.3. The second-order valence-electron chi connectivity index (χ2n) is 4.38. The fourth-order valence-corrected chi connectivity index (χ4v) is 1.91. The first-order valence-corrected chi connectivity index (χ1v) is 6.97. The molecule has 0 aliphatic heterocycles. The van der Waals surface area contributed by atoms with E-state index in [-0.39, 0.29) is 22.3 Å². The Balaban J connectivity index is 2.27. The van der Waals surface area contributed by atoms with Crippen LogP contribution >= 0.6 is 23.2 Å². The summed E-state index contributed by atoms with van der Waals surface area (Å²) in [6.45, 7) is 5.30. The Morgan fingerprint density at radius 3 is 2.53 bits per heavy atom. The van der Waals surface area contributed by atoms with Gasteiger partial charge < -0.3 is 10.1 Å². The van der Waals surface area contributed by atoms with Gasteiger partial charge in [-0.25, -0.2) is 4.98 Å². The van der Waals surface area contributed by atoms with Crippen molar-refractivity contribution >= 4 is 29.1 Å². The topological polar surface area (TPSA) is 51.2 Å². The summed E-state index contributed by atoms with van der Waals surface area (Å²) in [5.41, 5.74) is 0.420. The third-order valence-electron chi connectivity index (χ3n) is 2.33. The number of amides is 1. The summed E-state index contributed by atoms with van der Waals surface area (Å²) in [6.07, 6.45) is 2.03. The lowest BCUT2D eigenvalue weighted by atomic mass is 10.2. The average molecular weight is 305 g/mol. The van der Waals surface area contributed by atoms with Gasteiger partial charge in [-0.15, -0.1) is 0 Å². The molecule has 0 bridgehead atoms. The van der Waals surface area contributed by atoms with Gasteiger partial charge in [-0.2, -0.15) is 0 Å². The Morgan fingerprint density at radius 2 is 1.95 bits per heavy atom. The number of ether oxygens (including phenoxy) is 1. The standard InChI is InChI=1S/C13H18Cl2N2O2/c1-9(2)19-6-4-3-5-16-13(18)10-7-11(14)17-12(15)8-10/h7-9H,3-6H2,1-2H3,(H,16,18). The Bertz CT molecular complexity index is 405. The number of unbranched alkanes of at least 4 members (excludes halogenated alkanes) is 1. The fourth-order valence-electron chi connectivity index (χ4n) is 1.45. The number of aromatic nitrogens is 1. The number of rotatable bonds is 7. The highest BCUT2D eigenvalue weighted by molar-refractivity contribution is 6.33. The van der Waals surface area contributed by atoms with E-state index in [1.807, 2.05) is 13.8 Å². The van der Waals surface area contributed by atoms with Gasteiger partial charge >= 0.3 is 0 Å². The zero-order valence-electron chi connectivity index (χ0n) is 11.1. The van der Waals surface area contributed by atoms with E-state index in [0.717, 1.165) is 12.8 Å². The lowest BCUT2D eigenvalue weighted by Crippen LogP contribution is -2.24. The van der Waals surface area contributed by atoms with Gasteiger partial charge in [0.05, 0.1) is 6.10 Å². The van der Waals surface area contributed by atoms with Crippen LogP contribution in [0.25, 0.3) is 0 Å². The zero-order valence-corrected chi connectivity index (χ0v) is 12.6. The summed E-state index contributed by atoms with van der Waals surface area (Å²) >= 11 is 11.5. The Kier molecular flexibility index (Phi) is 7.13. The Morgan fingerprint density at radius 1 is 1.32 bits per heavy atom. The molecule has 1 heterocycles. The minimum absolute atomic E-state index is 0.198. The van der Waals surface area contributed by atoms with E-state index >= 15 is 0 Å². The SMILES string of the molecule is CC(C)OCCCCNC(=O)c1cc(Cl)nc(Cl)c1. The largest absolute Gasteiger partial charge is 0.379 e. The van der Waals surface area contributed by atoms with Crippen molar-refractivity contribution < 1.29 is 9.53 Å². The molecule has 0 unspecified atom stereocenters. The number of carbonyl (C=O) groups is 1. The van der Waals surface area contributed by atoms with Crippen molar-refractivity contribution in [2.75, 3.05) is 13.2 Å². The van der Waals surface area contributed by atoms with Crippen LogP contribution in [0.1, 0.15) is 37.0 Å². The number of nitrogens with one attached hydrogen (secondary N) is 1. The number of pyridine rings is 1. The molecule has 0 spiro atoms. The number of nitrogens with zero attached hydrogens (tertiary/aromatic N) is 1. The van der Waals surface area contributed by atoms with E-state index in [2.05, 4.69) is 10.3 Å². The van der Waals surface area contributed by atoms with Gasteiger partial charge in [-0.3, -0.25) is 4.79 Å². The first kappa shape index (κ1) is 16.2. The molecule has 0 aliphatic rings. The normalized spacial score (nSPS) is 10.8. The van der Waals surface area contributed by atoms with Crippen LogP contribution in [0.3, 0.4) is 0 Å². The minimum Gasteiger partial charge on any atom is -0.379 e. The molecule has 0 aliphatic carbocycles. The molecule has 0 atom stereocenters. The summed E-state index contributed by atoms with van der Waals surface area (Å²) in [6, 6.07) is 2.98. The summed E-state index contributed by atoms with van der Waals surface area (Å²) in [4.78, 5) is 15.6. The molecule has 106 valence electrons. The highest BCUT2D eigenvalue weighted by Gasteiger charge is 2.07. The maximum absolute atomic E-state index is 11.8. The van der Waals surface area contributed by atoms with Gasteiger partial charge in [-0.05, 0) is 38.8 Å². The highest BCUT2D eigenvalue weighted by atomic mass is 35.5. The van der Waals surface area contributed by atoms with Crippen molar-refractivity contribution in [1.82, 2.24) is 10.3 Å². The maximum atomic E-state index is 11.8. The summed E-state index contributed by atoms with van der Waals surface area (Å²) in [5.74, 6) is -0.198. The molecule has 1 amide bonds. The first-order chi connectivity index (χ1) is 8.99. The fraction of sp³-hybridized carbons (Fsp3) is 0.538. The maximum Gasteiger partial charge on any atom is 0.251 e. The third-order valence-corrected chi connectivity index (χ3v) is 2.72. The van der Waals surface area contributed by atoms with Crippen molar-refractivity contribution in [2.45, 2.75) is 32.8 Å². The third kappa shape index (κ3) is 6.76.